The Morgan fingerprint density at radius 3 is 2.58 bits per heavy atom. The third-order valence-corrected chi connectivity index (χ3v) is 5.47. The minimum absolute atomic E-state index is 0.00302. The average molecular weight is 431 g/mol. The molecule has 0 spiro atoms. The van der Waals surface area contributed by atoms with Gasteiger partial charge in [-0.1, -0.05) is 18.2 Å². The number of aromatic amines is 1. The van der Waals surface area contributed by atoms with Crippen molar-refractivity contribution in [2.24, 2.45) is 0 Å². The van der Waals surface area contributed by atoms with Crippen LogP contribution in [-0.2, 0) is 34.9 Å². The topological polar surface area (TPSA) is 113 Å². The summed E-state index contributed by atoms with van der Waals surface area (Å²) in [5, 5.41) is 0.765. The van der Waals surface area contributed by atoms with E-state index in [9.17, 15) is 14.4 Å². The molecule has 1 aromatic heterocycles. The van der Waals surface area contributed by atoms with Gasteiger partial charge < -0.3 is 28.7 Å². The molecule has 2 aromatic rings. The van der Waals surface area contributed by atoms with E-state index in [0.29, 0.717) is 24.1 Å². The van der Waals surface area contributed by atoms with Gasteiger partial charge in [-0.3, -0.25) is 9.59 Å². The van der Waals surface area contributed by atoms with Crippen LogP contribution in [0.25, 0.3) is 10.9 Å². The van der Waals surface area contributed by atoms with Gasteiger partial charge in [-0.15, -0.1) is 0 Å². The number of aromatic nitrogens is 1. The molecule has 4 atom stereocenters. The Hall–Kier alpha value is -2.75. The molecular formula is C22H25NO8. The molecule has 9 heteroatoms. The van der Waals surface area contributed by atoms with Gasteiger partial charge in [0.1, 0.15) is 23.9 Å². The lowest BCUT2D eigenvalue weighted by atomic mass is 10.0. The maximum Gasteiger partial charge on any atom is 0.344 e. The van der Waals surface area contributed by atoms with E-state index in [1.165, 1.54) is 6.92 Å². The Labute approximate surface area is 178 Å². The van der Waals surface area contributed by atoms with Crippen LogP contribution >= 0.6 is 0 Å². The zero-order chi connectivity index (χ0) is 22.0. The second-order valence-electron chi connectivity index (χ2n) is 7.48. The number of esters is 2. The fourth-order valence-electron chi connectivity index (χ4n) is 4.19. The van der Waals surface area contributed by atoms with Crippen molar-refractivity contribution in [3.8, 4) is 0 Å². The number of nitrogens with one attached hydrogen (secondary N) is 1. The van der Waals surface area contributed by atoms with Crippen molar-refractivity contribution in [2.45, 2.75) is 44.7 Å². The number of rotatable bonds is 7. The van der Waals surface area contributed by atoms with Crippen molar-refractivity contribution in [3.63, 3.8) is 0 Å². The van der Waals surface area contributed by atoms with Gasteiger partial charge in [-0.25, -0.2) is 4.79 Å². The van der Waals surface area contributed by atoms with Crippen molar-refractivity contribution in [1.29, 1.82) is 0 Å². The van der Waals surface area contributed by atoms with Crippen LogP contribution in [0.15, 0.2) is 29.1 Å². The number of fused-ring (bicyclic) bond motifs is 2. The second kappa shape index (κ2) is 9.17. The van der Waals surface area contributed by atoms with E-state index in [1.807, 2.05) is 18.2 Å². The number of carbonyl (C=O) groups excluding carboxylic acids is 2. The van der Waals surface area contributed by atoms with Crippen LogP contribution in [0.1, 0.15) is 29.8 Å². The Kier molecular flexibility index (Phi) is 6.35. The molecule has 3 heterocycles. The number of benzene rings is 1. The normalized spacial score (nSPS) is 24.8. The van der Waals surface area contributed by atoms with E-state index >= 15 is 0 Å². The molecule has 1 N–H and O–H groups in total. The summed E-state index contributed by atoms with van der Waals surface area (Å²) in [7, 11) is 0. The van der Waals surface area contributed by atoms with Crippen LogP contribution in [0.3, 0.4) is 0 Å². The van der Waals surface area contributed by atoms with Gasteiger partial charge in [0.05, 0.1) is 26.4 Å². The van der Waals surface area contributed by atoms with Gasteiger partial charge in [0, 0.05) is 17.8 Å². The molecule has 0 saturated carbocycles. The van der Waals surface area contributed by atoms with E-state index in [2.05, 4.69) is 4.98 Å². The van der Waals surface area contributed by atoms with Gasteiger partial charge in [0.15, 0.2) is 6.10 Å². The molecule has 0 aliphatic carbocycles. The summed E-state index contributed by atoms with van der Waals surface area (Å²) >= 11 is 0. The summed E-state index contributed by atoms with van der Waals surface area (Å²) < 4.78 is 27.8. The second-order valence-corrected chi connectivity index (χ2v) is 7.48. The highest BCUT2D eigenvalue weighted by Gasteiger charge is 2.49. The van der Waals surface area contributed by atoms with E-state index in [1.54, 1.807) is 13.0 Å². The highest BCUT2D eigenvalue weighted by atomic mass is 16.7. The number of pyridine rings is 1. The number of carbonyl (C=O) groups is 2. The summed E-state index contributed by atoms with van der Waals surface area (Å²) in [6.07, 6.45) is -1.12. The molecule has 2 saturated heterocycles. The summed E-state index contributed by atoms with van der Waals surface area (Å²) in [6, 6.07) is 7.29. The first kappa shape index (κ1) is 21.5. The standard InChI is InChI=1S/C22H25NO8/c1-3-27-22(26)18-14(13-6-4-5-7-15(13)23-21(18)25)8-9-28-16-10-29-20-17(31-12(2)24)11-30-19(16)20/h4-7,16-17,19-20H,3,8-11H2,1-2H3,(H,23,25)/t16-,17-,19+,20+/m0/s1. The predicted octanol–water partition coefficient (Wildman–Crippen LogP) is 1.36. The monoisotopic (exact) mass is 431 g/mol. The molecule has 166 valence electrons. The number of ether oxygens (including phenoxy) is 5. The number of hydrogen-bond acceptors (Lipinski definition) is 8. The molecule has 4 rings (SSSR count). The van der Waals surface area contributed by atoms with Crippen molar-refractivity contribution in [2.75, 3.05) is 26.4 Å². The first-order chi connectivity index (χ1) is 15.0. The number of para-hydroxylation sites is 1. The summed E-state index contributed by atoms with van der Waals surface area (Å²) in [4.78, 5) is 39.0. The largest absolute Gasteiger partial charge is 0.462 e. The zero-order valence-corrected chi connectivity index (χ0v) is 17.4. The van der Waals surface area contributed by atoms with Crippen molar-refractivity contribution < 1.29 is 33.3 Å². The summed E-state index contributed by atoms with van der Waals surface area (Å²) in [6.45, 7) is 4.04. The molecular weight excluding hydrogens is 406 g/mol. The lowest BCUT2D eigenvalue weighted by molar-refractivity contribution is -0.151. The molecule has 0 radical (unpaired) electrons. The van der Waals surface area contributed by atoms with Crippen molar-refractivity contribution in [1.82, 2.24) is 4.98 Å². The smallest absolute Gasteiger partial charge is 0.344 e. The SMILES string of the molecule is CCOC(=O)c1c(CCO[C@H]2CO[C@H]3[C@@H]2OC[C@@H]3OC(C)=O)c2ccccc2[nH]c1=O. The molecule has 2 fully saturated rings. The zero-order valence-electron chi connectivity index (χ0n) is 17.4. The van der Waals surface area contributed by atoms with Crippen LogP contribution in [0.5, 0.6) is 0 Å². The lowest BCUT2D eigenvalue weighted by Crippen LogP contribution is -2.35. The molecule has 31 heavy (non-hydrogen) atoms. The fourth-order valence-corrected chi connectivity index (χ4v) is 4.19. The summed E-state index contributed by atoms with van der Waals surface area (Å²) in [5.41, 5.74) is 0.734. The van der Waals surface area contributed by atoms with E-state index < -0.39 is 17.6 Å². The Balaban J connectivity index is 1.49. The first-order valence-electron chi connectivity index (χ1n) is 10.3. The summed E-state index contributed by atoms with van der Waals surface area (Å²) in [5.74, 6) is -1.04. The highest BCUT2D eigenvalue weighted by molar-refractivity contribution is 5.97. The molecule has 2 aliphatic heterocycles. The van der Waals surface area contributed by atoms with Crippen molar-refractivity contribution in [3.05, 3.63) is 45.7 Å². The molecule has 0 unspecified atom stereocenters. The van der Waals surface area contributed by atoms with Gasteiger partial charge in [0.25, 0.3) is 5.56 Å². The minimum Gasteiger partial charge on any atom is -0.462 e. The third-order valence-electron chi connectivity index (χ3n) is 5.47. The van der Waals surface area contributed by atoms with Gasteiger partial charge in [0.2, 0.25) is 0 Å². The fraction of sp³-hybridized carbons (Fsp3) is 0.500. The maximum absolute atomic E-state index is 12.6. The lowest BCUT2D eigenvalue weighted by Gasteiger charge is -2.18. The van der Waals surface area contributed by atoms with Gasteiger partial charge in [-0.2, -0.15) is 0 Å². The Morgan fingerprint density at radius 1 is 1.13 bits per heavy atom. The van der Waals surface area contributed by atoms with Gasteiger partial charge in [-0.05, 0) is 25.0 Å². The van der Waals surface area contributed by atoms with Crippen molar-refractivity contribution >= 4 is 22.8 Å². The average Bonchev–Trinajstić information content (AvgIpc) is 3.31. The van der Waals surface area contributed by atoms with Crippen LogP contribution in [0.4, 0.5) is 0 Å². The predicted molar refractivity (Wildman–Crippen MR) is 109 cm³/mol. The van der Waals surface area contributed by atoms with Gasteiger partial charge >= 0.3 is 11.9 Å². The van der Waals surface area contributed by atoms with E-state index in [-0.39, 0.29) is 49.7 Å². The maximum atomic E-state index is 12.6. The number of hydrogen-bond donors (Lipinski definition) is 1. The van der Waals surface area contributed by atoms with Crippen LogP contribution in [0.2, 0.25) is 0 Å². The first-order valence-corrected chi connectivity index (χ1v) is 10.3. The van der Waals surface area contributed by atoms with E-state index in [4.69, 9.17) is 23.7 Å². The minimum atomic E-state index is -0.655. The third kappa shape index (κ3) is 4.34. The highest BCUT2D eigenvalue weighted by Crippen LogP contribution is 2.31. The van der Waals surface area contributed by atoms with Crippen LogP contribution < -0.4 is 5.56 Å². The van der Waals surface area contributed by atoms with Crippen LogP contribution in [-0.4, -0.2) is 67.8 Å². The van der Waals surface area contributed by atoms with Crippen LogP contribution in [0, 0.1) is 0 Å². The molecule has 2 aliphatic rings. The van der Waals surface area contributed by atoms with E-state index in [0.717, 1.165) is 5.39 Å². The molecule has 0 amide bonds. The molecule has 0 bridgehead atoms. The molecule has 9 nitrogen and oxygen atoms in total. The Morgan fingerprint density at radius 2 is 1.84 bits per heavy atom. The quantitative estimate of drug-likeness (QED) is 0.654. The molecule has 1 aromatic carbocycles. The number of H-pyrrole nitrogens is 1. The Bertz CT molecular complexity index is 1030.